The Morgan fingerprint density at radius 2 is 1.15 bits per heavy atom. The molecule has 4 aliphatic rings. The highest BCUT2D eigenvalue weighted by Gasteiger charge is 2.42. The lowest BCUT2D eigenvalue weighted by molar-refractivity contribution is -0.150. The first-order chi connectivity index (χ1) is 12.7. The molecule has 0 atom stereocenters. The van der Waals surface area contributed by atoms with Gasteiger partial charge in [0, 0.05) is 0 Å². The summed E-state index contributed by atoms with van der Waals surface area (Å²) in [5, 5.41) is 5.25. The number of hydrogen-bond donors (Lipinski definition) is 0. The summed E-state index contributed by atoms with van der Waals surface area (Å²) in [7, 11) is 0. The second-order valence-corrected chi connectivity index (χ2v) is 11.5. The molecular formula is C22H29O3P. The minimum atomic E-state index is -2.06. The zero-order chi connectivity index (χ0) is 18.0. The van der Waals surface area contributed by atoms with Gasteiger partial charge < -0.3 is 4.74 Å². The van der Waals surface area contributed by atoms with E-state index in [2.05, 4.69) is 18.2 Å². The smallest absolute Gasteiger partial charge is 0.343 e. The Morgan fingerprint density at radius 3 is 1.46 bits per heavy atom. The van der Waals surface area contributed by atoms with E-state index < -0.39 is 6.89 Å². The van der Waals surface area contributed by atoms with Crippen molar-refractivity contribution in [3.63, 3.8) is 0 Å². The van der Waals surface area contributed by atoms with Crippen molar-refractivity contribution >= 4 is 24.1 Å². The van der Waals surface area contributed by atoms with E-state index in [0.29, 0.717) is 0 Å². The quantitative estimate of drug-likeness (QED) is 0.345. The van der Waals surface area contributed by atoms with Crippen molar-refractivity contribution in [2.45, 2.75) is 83.5 Å². The minimum Gasteiger partial charge on any atom is -0.389 e. The maximum atomic E-state index is 12.8. The van der Waals surface area contributed by atoms with Gasteiger partial charge in [-0.25, -0.2) is 4.79 Å². The lowest BCUT2D eigenvalue weighted by atomic mass is 10.1. The Balaban J connectivity index is 2.03. The van der Waals surface area contributed by atoms with Crippen molar-refractivity contribution in [3.8, 4) is 0 Å². The van der Waals surface area contributed by atoms with Gasteiger partial charge in [0.25, 0.3) is 0 Å². The van der Waals surface area contributed by atoms with E-state index in [1.807, 2.05) is 0 Å². The Morgan fingerprint density at radius 1 is 0.692 bits per heavy atom. The number of carbonyl (C=O) groups excluding carboxylic acids is 2. The summed E-state index contributed by atoms with van der Waals surface area (Å²) < 4.78 is 5.08. The van der Waals surface area contributed by atoms with Crippen molar-refractivity contribution < 1.29 is 14.3 Å². The van der Waals surface area contributed by atoms with Crippen LogP contribution in [0.2, 0.25) is 0 Å². The van der Waals surface area contributed by atoms with Gasteiger partial charge in [-0.15, -0.1) is 0 Å². The van der Waals surface area contributed by atoms with Crippen LogP contribution in [-0.4, -0.2) is 17.2 Å². The third-order valence-electron chi connectivity index (χ3n) is 6.25. The number of allylic oxidation sites excluding steroid dienone is 6. The Labute approximate surface area is 156 Å². The highest BCUT2D eigenvalue weighted by molar-refractivity contribution is 7.88. The number of hydrogen-bond acceptors (Lipinski definition) is 3. The molecule has 4 heteroatoms. The topological polar surface area (TPSA) is 43.4 Å². The zero-order valence-corrected chi connectivity index (χ0v) is 16.5. The third kappa shape index (κ3) is 3.09. The van der Waals surface area contributed by atoms with Crippen molar-refractivity contribution in [1.82, 2.24) is 0 Å². The van der Waals surface area contributed by atoms with Crippen LogP contribution in [-0.2, 0) is 14.3 Å². The summed E-state index contributed by atoms with van der Waals surface area (Å²) in [6.45, 7) is -2.06. The molecule has 0 unspecified atom stereocenters. The largest absolute Gasteiger partial charge is 0.389 e. The predicted octanol–water partition coefficient (Wildman–Crippen LogP) is 6.02. The molecule has 4 rings (SSSR count). The first-order valence-electron chi connectivity index (χ1n) is 10.3. The number of ether oxygens (including phenoxy) is 1. The molecule has 1 heterocycles. The van der Waals surface area contributed by atoms with Crippen molar-refractivity contribution in [1.29, 1.82) is 0 Å². The Hall–Kier alpha value is -1.34. The lowest BCUT2D eigenvalue weighted by Crippen LogP contribution is -2.16. The van der Waals surface area contributed by atoms with Crippen LogP contribution in [0, 0.1) is 0 Å². The number of rotatable bonds is 3. The fourth-order valence-electron chi connectivity index (χ4n) is 5.11. The van der Waals surface area contributed by atoms with E-state index in [-0.39, 0.29) is 18.4 Å². The second kappa shape index (κ2) is 7.72. The van der Waals surface area contributed by atoms with Gasteiger partial charge >= 0.3 is 11.9 Å². The molecule has 140 valence electrons. The Bertz CT molecular complexity index is 695. The van der Waals surface area contributed by atoms with E-state index in [4.69, 9.17) is 4.74 Å². The molecule has 26 heavy (non-hydrogen) atoms. The number of cyclic esters (lactones) is 2. The molecule has 3 aliphatic carbocycles. The molecule has 1 saturated heterocycles. The van der Waals surface area contributed by atoms with Gasteiger partial charge in [0.1, 0.15) is 0 Å². The number of esters is 2. The van der Waals surface area contributed by atoms with Crippen LogP contribution < -0.4 is 0 Å². The number of carbonyl (C=O) groups is 2. The molecule has 0 aromatic rings. The van der Waals surface area contributed by atoms with E-state index in [0.717, 1.165) is 43.8 Å². The fourth-order valence-corrected chi connectivity index (χ4v) is 10.6. The van der Waals surface area contributed by atoms with Gasteiger partial charge in [0.15, 0.2) is 0 Å². The first-order valence-corrected chi connectivity index (χ1v) is 12.1. The monoisotopic (exact) mass is 372 g/mol. The highest BCUT2D eigenvalue weighted by atomic mass is 31.2. The van der Waals surface area contributed by atoms with Gasteiger partial charge in [-0.1, -0.05) is 18.2 Å². The lowest BCUT2D eigenvalue weighted by Gasteiger charge is -2.39. The van der Waals surface area contributed by atoms with Crippen LogP contribution in [0.5, 0.6) is 0 Å². The van der Waals surface area contributed by atoms with E-state index >= 15 is 0 Å². The van der Waals surface area contributed by atoms with Gasteiger partial charge in [-0.05, 0) is 99.9 Å². The van der Waals surface area contributed by atoms with Crippen LogP contribution >= 0.6 is 6.89 Å². The molecule has 0 bridgehead atoms. The third-order valence-corrected chi connectivity index (χ3v) is 11.2. The summed E-state index contributed by atoms with van der Waals surface area (Å²) >= 11 is 0. The molecule has 3 nitrogen and oxygen atoms in total. The first kappa shape index (κ1) is 18.0. The van der Waals surface area contributed by atoms with Gasteiger partial charge in [0.05, 0.1) is 11.7 Å². The average Bonchev–Trinajstić information content (AvgIpc) is 3.03. The SMILES string of the molecule is O=C1CC(=P(C2=CCCCC2)(C2=CCCCC2)C2=CCCCC2)C(=O)O1. The maximum absolute atomic E-state index is 12.8. The highest BCUT2D eigenvalue weighted by Crippen LogP contribution is 2.74. The molecule has 1 aliphatic heterocycles. The van der Waals surface area contributed by atoms with Crippen LogP contribution in [0.15, 0.2) is 34.2 Å². The molecule has 0 N–H and O–H groups in total. The molecular weight excluding hydrogens is 343 g/mol. The maximum Gasteiger partial charge on any atom is 0.343 e. The summed E-state index contributed by atoms with van der Waals surface area (Å²) in [5.41, 5.74) is 0. The predicted molar refractivity (Wildman–Crippen MR) is 107 cm³/mol. The summed E-state index contributed by atoms with van der Waals surface area (Å²) in [6, 6.07) is 0. The van der Waals surface area contributed by atoms with Gasteiger partial charge in [0.2, 0.25) is 0 Å². The van der Waals surface area contributed by atoms with E-state index in [9.17, 15) is 9.59 Å². The zero-order valence-electron chi connectivity index (χ0n) is 15.6. The summed E-state index contributed by atoms with van der Waals surface area (Å²) in [5.74, 6) is -0.675. The molecule has 0 aromatic carbocycles. The molecule has 1 fully saturated rings. The van der Waals surface area contributed by atoms with Crippen LogP contribution in [0.4, 0.5) is 0 Å². The molecule has 0 spiro atoms. The van der Waals surface area contributed by atoms with Gasteiger partial charge in [-0.3, -0.25) is 4.79 Å². The van der Waals surface area contributed by atoms with Crippen LogP contribution in [0.1, 0.15) is 83.5 Å². The van der Waals surface area contributed by atoms with Crippen LogP contribution in [0.25, 0.3) is 0 Å². The Kier molecular flexibility index (Phi) is 5.36. The van der Waals surface area contributed by atoms with Crippen LogP contribution in [0.3, 0.4) is 0 Å². The second-order valence-electron chi connectivity index (χ2n) is 7.88. The molecule has 0 saturated carbocycles. The normalized spacial score (nSPS) is 24.8. The van der Waals surface area contributed by atoms with E-state index in [1.54, 1.807) is 0 Å². The summed E-state index contributed by atoms with van der Waals surface area (Å²) in [6.07, 6.45) is 21.3. The van der Waals surface area contributed by atoms with Crippen molar-refractivity contribution in [2.75, 3.05) is 0 Å². The average molecular weight is 372 g/mol. The molecule has 0 aromatic heterocycles. The molecule has 0 radical (unpaired) electrons. The summed E-state index contributed by atoms with van der Waals surface area (Å²) in [4.78, 5) is 24.9. The van der Waals surface area contributed by atoms with E-state index in [1.165, 1.54) is 54.5 Å². The molecule has 0 amide bonds. The van der Waals surface area contributed by atoms with Crippen molar-refractivity contribution in [2.24, 2.45) is 0 Å². The fraction of sp³-hybridized carbons (Fsp3) is 0.591. The minimum absolute atomic E-state index is 0.207. The van der Waals surface area contributed by atoms with Gasteiger partial charge in [-0.2, -0.15) is 0 Å². The van der Waals surface area contributed by atoms with Crippen molar-refractivity contribution in [3.05, 3.63) is 34.2 Å². The standard InChI is InChI=1S/C22H29O3P/c23-21-16-20(22(24)25-21)26(17-10-4-1-5-11-17,18-12-6-2-7-13-18)19-14-8-3-9-15-19/h10,12,14H,1-9,11,13,15-16H2.